The largest absolute Gasteiger partial charge is 0.494 e. The van der Waals surface area contributed by atoms with Gasteiger partial charge < -0.3 is 10.5 Å². The first-order chi connectivity index (χ1) is 8.29. The Morgan fingerprint density at radius 1 is 1.06 bits per heavy atom. The summed E-state index contributed by atoms with van der Waals surface area (Å²) in [4.78, 5) is 7.93. The van der Waals surface area contributed by atoms with E-state index in [1.165, 1.54) is 0 Å². The maximum Gasteiger partial charge on any atom is 0.219 e. The highest BCUT2D eigenvalue weighted by atomic mass is 16.5. The van der Waals surface area contributed by atoms with Crippen molar-refractivity contribution in [2.24, 2.45) is 0 Å². The number of rotatable bonds is 4. The molecule has 88 valence electrons. The lowest BCUT2D eigenvalue weighted by Crippen LogP contribution is -1.95. The number of ether oxygens (including phenoxy) is 1. The van der Waals surface area contributed by atoms with Gasteiger partial charge >= 0.3 is 0 Å². The zero-order valence-electron chi connectivity index (χ0n) is 9.76. The van der Waals surface area contributed by atoms with Gasteiger partial charge in [0.2, 0.25) is 5.95 Å². The quantitative estimate of drug-likeness (QED) is 0.875. The van der Waals surface area contributed by atoms with Gasteiger partial charge in [-0.3, -0.25) is 0 Å². The SMILES string of the molecule is CCCOc1ccc(-c2cnc(N)nc2)cc1. The lowest BCUT2D eigenvalue weighted by Gasteiger charge is -2.05. The molecule has 0 saturated heterocycles. The van der Waals surface area contributed by atoms with Crippen LogP contribution in [0, 0.1) is 0 Å². The van der Waals surface area contributed by atoms with Gasteiger partial charge in [0.1, 0.15) is 5.75 Å². The number of nitrogens with two attached hydrogens (primary N) is 1. The lowest BCUT2D eigenvalue weighted by molar-refractivity contribution is 0.317. The van der Waals surface area contributed by atoms with Gasteiger partial charge in [0, 0.05) is 18.0 Å². The molecule has 2 rings (SSSR count). The Kier molecular flexibility index (Phi) is 3.55. The van der Waals surface area contributed by atoms with E-state index < -0.39 is 0 Å². The topological polar surface area (TPSA) is 61.0 Å². The smallest absolute Gasteiger partial charge is 0.219 e. The van der Waals surface area contributed by atoms with Gasteiger partial charge in [-0.25, -0.2) is 9.97 Å². The van der Waals surface area contributed by atoms with Gasteiger partial charge in [-0.2, -0.15) is 0 Å². The highest BCUT2D eigenvalue weighted by Gasteiger charge is 1.99. The van der Waals surface area contributed by atoms with E-state index in [0.717, 1.165) is 29.9 Å². The maximum atomic E-state index is 5.51. The molecule has 0 radical (unpaired) electrons. The van der Waals surface area contributed by atoms with Gasteiger partial charge in [-0.05, 0) is 24.1 Å². The summed E-state index contributed by atoms with van der Waals surface area (Å²) < 4.78 is 5.51. The minimum Gasteiger partial charge on any atom is -0.494 e. The van der Waals surface area contributed by atoms with Gasteiger partial charge in [-0.15, -0.1) is 0 Å². The first-order valence-electron chi connectivity index (χ1n) is 5.60. The Bertz CT molecular complexity index is 465. The highest BCUT2D eigenvalue weighted by molar-refractivity contribution is 5.62. The molecule has 17 heavy (non-hydrogen) atoms. The number of aromatic nitrogens is 2. The zero-order valence-corrected chi connectivity index (χ0v) is 9.76. The first kappa shape index (κ1) is 11.4. The normalized spacial score (nSPS) is 10.2. The van der Waals surface area contributed by atoms with Crippen LogP contribution in [0.3, 0.4) is 0 Å². The first-order valence-corrected chi connectivity index (χ1v) is 5.60. The molecule has 0 spiro atoms. The van der Waals surface area contributed by atoms with Gasteiger partial charge in [0.15, 0.2) is 0 Å². The molecular formula is C13H15N3O. The van der Waals surface area contributed by atoms with Crippen molar-refractivity contribution < 1.29 is 4.74 Å². The molecule has 0 saturated carbocycles. The van der Waals surface area contributed by atoms with Crippen LogP contribution in [-0.2, 0) is 0 Å². The Hall–Kier alpha value is -2.10. The van der Waals surface area contributed by atoms with Crippen LogP contribution < -0.4 is 10.5 Å². The number of benzene rings is 1. The molecule has 0 aliphatic carbocycles. The molecule has 0 unspecified atom stereocenters. The second-order valence-electron chi connectivity index (χ2n) is 3.70. The highest BCUT2D eigenvalue weighted by Crippen LogP contribution is 2.21. The van der Waals surface area contributed by atoms with Crippen LogP contribution in [0.25, 0.3) is 11.1 Å². The van der Waals surface area contributed by atoms with Gasteiger partial charge in [-0.1, -0.05) is 19.1 Å². The zero-order chi connectivity index (χ0) is 12.1. The number of hydrogen-bond donors (Lipinski definition) is 1. The van der Waals surface area contributed by atoms with Crippen LogP contribution in [-0.4, -0.2) is 16.6 Å². The van der Waals surface area contributed by atoms with E-state index in [-0.39, 0.29) is 5.95 Å². The van der Waals surface area contributed by atoms with Crippen LogP contribution in [0.2, 0.25) is 0 Å². The van der Waals surface area contributed by atoms with Crippen molar-refractivity contribution in [3.63, 3.8) is 0 Å². The number of nitrogen functional groups attached to an aromatic ring is 1. The fourth-order valence-electron chi connectivity index (χ4n) is 1.45. The number of hydrogen-bond acceptors (Lipinski definition) is 4. The summed E-state index contributed by atoms with van der Waals surface area (Å²) in [5.41, 5.74) is 7.44. The van der Waals surface area contributed by atoms with E-state index in [1.807, 2.05) is 24.3 Å². The predicted molar refractivity (Wildman–Crippen MR) is 67.7 cm³/mol. The second-order valence-corrected chi connectivity index (χ2v) is 3.70. The minimum absolute atomic E-state index is 0.289. The van der Waals surface area contributed by atoms with E-state index in [1.54, 1.807) is 12.4 Å². The van der Waals surface area contributed by atoms with Crippen molar-refractivity contribution in [2.75, 3.05) is 12.3 Å². The molecule has 2 N–H and O–H groups in total. The molecule has 1 heterocycles. The summed E-state index contributed by atoms with van der Waals surface area (Å²) in [6.45, 7) is 2.82. The van der Waals surface area contributed by atoms with E-state index in [4.69, 9.17) is 10.5 Å². The summed E-state index contributed by atoms with van der Waals surface area (Å²) in [6.07, 6.45) is 4.43. The molecular weight excluding hydrogens is 214 g/mol. The van der Waals surface area contributed by atoms with Crippen LogP contribution in [0.1, 0.15) is 13.3 Å². The van der Waals surface area contributed by atoms with Crippen molar-refractivity contribution in [1.29, 1.82) is 0 Å². The minimum atomic E-state index is 0.289. The van der Waals surface area contributed by atoms with Crippen LogP contribution in [0.4, 0.5) is 5.95 Å². The third-order valence-electron chi connectivity index (χ3n) is 2.33. The molecule has 2 aromatic rings. The standard InChI is InChI=1S/C13H15N3O/c1-2-7-17-12-5-3-10(4-6-12)11-8-15-13(14)16-9-11/h3-6,8-9H,2,7H2,1H3,(H2,14,15,16). The molecule has 1 aromatic heterocycles. The molecule has 4 heteroatoms. The van der Waals surface area contributed by atoms with E-state index in [2.05, 4.69) is 16.9 Å². The molecule has 0 fully saturated rings. The predicted octanol–water partition coefficient (Wildman–Crippen LogP) is 2.51. The monoisotopic (exact) mass is 229 g/mol. The van der Waals surface area contributed by atoms with E-state index >= 15 is 0 Å². The summed E-state index contributed by atoms with van der Waals surface area (Å²) in [6, 6.07) is 7.86. The van der Waals surface area contributed by atoms with Crippen molar-refractivity contribution in [1.82, 2.24) is 9.97 Å². The molecule has 0 atom stereocenters. The molecule has 0 aliphatic heterocycles. The van der Waals surface area contributed by atoms with Crippen molar-refractivity contribution in [3.05, 3.63) is 36.7 Å². The van der Waals surface area contributed by atoms with Crippen LogP contribution in [0.5, 0.6) is 5.75 Å². The third-order valence-corrected chi connectivity index (χ3v) is 2.33. The van der Waals surface area contributed by atoms with Crippen LogP contribution in [0.15, 0.2) is 36.7 Å². The number of nitrogens with zero attached hydrogens (tertiary/aromatic N) is 2. The average molecular weight is 229 g/mol. The molecule has 0 amide bonds. The lowest BCUT2D eigenvalue weighted by atomic mass is 10.1. The van der Waals surface area contributed by atoms with Crippen LogP contribution >= 0.6 is 0 Å². The molecule has 4 nitrogen and oxygen atoms in total. The van der Waals surface area contributed by atoms with Gasteiger partial charge in [0.25, 0.3) is 0 Å². The van der Waals surface area contributed by atoms with Crippen molar-refractivity contribution in [2.45, 2.75) is 13.3 Å². The van der Waals surface area contributed by atoms with E-state index in [0.29, 0.717) is 0 Å². The Morgan fingerprint density at radius 3 is 2.29 bits per heavy atom. The van der Waals surface area contributed by atoms with E-state index in [9.17, 15) is 0 Å². The van der Waals surface area contributed by atoms with Gasteiger partial charge in [0.05, 0.1) is 6.61 Å². The Morgan fingerprint density at radius 2 is 1.71 bits per heavy atom. The second kappa shape index (κ2) is 5.30. The summed E-state index contributed by atoms with van der Waals surface area (Å²) in [7, 11) is 0. The summed E-state index contributed by atoms with van der Waals surface area (Å²) >= 11 is 0. The summed E-state index contributed by atoms with van der Waals surface area (Å²) in [5.74, 6) is 1.17. The maximum absolute atomic E-state index is 5.51. The fourth-order valence-corrected chi connectivity index (χ4v) is 1.45. The van der Waals surface area contributed by atoms with Crippen molar-refractivity contribution >= 4 is 5.95 Å². The number of anilines is 1. The van der Waals surface area contributed by atoms with Crippen molar-refractivity contribution in [3.8, 4) is 16.9 Å². The Balaban J connectivity index is 2.14. The molecule has 0 bridgehead atoms. The average Bonchev–Trinajstić information content (AvgIpc) is 2.38. The third kappa shape index (κ3) is 2.93. The fraction of sp³-hybridized carbons (Fsp3) is 0.231. The molecule has 0 aliphatic rings. The summed E-state index contributed by atoms with van der Waals surface area (Å²) in [5, 5.41) is 0. The Labute approximate surface area is 100 Å². The molecule has 1 aromatic carbocycles.